The second kappa shape index (κ2) is 9.28. The molecular weight excluding hydrogens is 465 g/mol. The number of hydrogen-bond donors (Lipinski definition) is 1. The Kier molecular flexibility index (Phi) is 6.53. The topological polar surface area (TPSA) is 103 Å². The fraction of sp³-hybridized carbons (Fsp3) is 0.565. The number of nitriles is 1. The molecule has 35 heavy (non-hydrogen) atoms. The summed E-state index contributed by atoms with van der Waals surface area (Å²) < 4.78 is 49.3. The Morgan fingerprint density at radius 3 is 2.57 bits per heavy atom. The largest absolute Gasteiger partial charge is 0.444 e. The molecule has 188 valence electrons. The van der Waals surface area contributed by atoms with Crippen LogP contribution in [-0.4, -0.2) is 70.4 Å². The number of halogens is 3. The molecule has 0 saturated carbocycles. The number of alkyl halides is 1. The molecule has 9 nitrogen and oxygen atoms in total. The van der Waals surface area contributed by atoms with E-state index in [4.69, 9.17) is 10.00 Å². The Balaban J connectivity index is 1.61. The van der Waals surface area contributed by atoms with Crippen molar-refractivity contribution >= 4 is 29.0 Å². The molecule has 2 fully saturated rings. The number of aromatic nitrogens is 2. The van der Waals surface area contributed by atoms with Crippen LogP contribution < -0.4 is 10.2 Å². The summed E-state index contributed by atoms with van der Waals surface area (Å²) in [5, 5.41) is 11.5. The normalized spacial score (nSPS) is 20.9. The van der Waals surface area contributed by atoms with Crippen molar-refractivity contribution in [3.05, 3.63) is 23.8 Å². The molecule has 2 aliphatic heterocycles. The second-order valence-corrected chi connectivity index (χ2v) is 9.88. The molecule has 2 aromatic rings. The van der Waals surface area contributed by atoms with Crippen molar-refractivity contribution in [1.29, 1.82) is 5.26 Å². The highest BCUT2D eigenvalue weighted by atomic mass is 19.2. The molecule has 2 aliphatic rings. The van der Waals surface area contributed by atoms with Gasteiger partial charge in [0.1, 0.15) is 18.3 Å². The van der Waals surface area contributed by atoms with Crippen LogP contribution in [0.4, 0.5) is 23.9 Å². The van der Waals surface area contributed by atoms with Crippen molar-refractivity contribution in [2.45, 2.75) is 51.6 Å². The Morgan fingerprint density at radius 1 is 1.23 bits per heavy atom. The lowest BCUT2D eigenvalue weighted by atomic mass is 10.0. The zero-order chi connectivity index (χ0) is 25.5. The lowest BCUT2D eigenvalue weighted by Gasteiger charge is -2.37. The molecule has 0 unspecified atom stereocenters. The van der Waals surface area contributed by atoms with Crippen LogP contribution >= 0.6 is 0 Å². The van der Waals surface area contributed by atoms with Gasteiger partial charge in [-0.1, -0.05) is 0 Å². The Bertz CT molecular complexity index is 1180. The summed E-state index contributed by atoms with van der Waals surface area (Å²) in [5.74, 6) is -2.46. The third-order valence-corrected chi connectivity index (χ3v) is 5.99. The molecular formula is C23H27F3N6O3. The van der Waals surface area contributed by atoms with Crippen molar-refractivity contribution in [1.82, 2.24) is 19.8 Å². The van der Waals surface area contributed by atoms with Gasteiger partial charge in [-0.05, 0) is 27.2 Å². The maximum absolute atomic E-state index is 14.7. The third kappa shape index (κ3) is 5.28. The van der Waals surface area contributed by atoms with E-state index in [1.165, 1.54) is 9.47 Å². The Morgan fingerprint density at radius 2 is 1.91 bits per heavy atom. The summed E-state index contributed by atoms with van der Waals surface area (Å²) in [7, 11) is 0. The first-order chi connectivity index (χ1) is 16.4. The van der Waals surface area contributed by atoms with E-state index in [0.717, 1.165) is 12.1 Å². The lowest BCUT2D eigenvalue weighted by Crippen LogP contribution is -2.55. The molecule has 1 aromatic heterocycles. The van der Waals surface area contributed by atoms with Gasteiger partial charge in [-0.3, -0.25) is 4.79 Å². The van der Waals surface area contributed by atoms with Gasteiger partial charge in [0.25, 0.3) is 0 Å². The van der Waals surface area contributed by atoms with Crippen molar-refractivity contribution < 1.29 is 27.5 Å². The maximum atomic E-state index is 14.7. The predicted octanol–water partition coefficient (Wildman–Crippen LogP) is 2.74. The predicted molar refractivity (Wildman–Crippen MR) is 120 cm³/mol. The monoisotopic (exact) mass is 492 g/mol. The molecule has 2 atom stereocenters. The zero-order valence-corrected chi connectivity index (χ0v) is 19.7. The average Bonchev–Trinajstić information content (AvgIpc) is 3.05. The van der Waals surface area contributed by atoms with Crippen molar-refractivity contribution in [2.75, 3.05) is 31.1 Å². The van der Waals surface area contributed by atoms with Gasteiger partial charge in [-0.2, -0.15) is 5.26 Å². The number of anilines is 1. The standard InChI is InChI=1S/C23H27F3N6O3/c1-23(2,3)35-22(34)29-18-11-30(5-4-14(18)24)21-28-17-6-15(25)16(26)7-19(17)32(21)12-20(33)31-9-13(8-27)10-31/h6-7,13-14,18H,4-5,9-12H2,1-3H3,(H,29,34)/t14-,18-/m1/s1. The van der Waals surface area contributed by atoms with E-state index in [-0.39, 0.29) is 54.9 Å². The molecule has 2 saturated heterocycles. The lowest BCUT2D eigenvalue weighted by molar-refractivity contribution is -0.136. The van der Waals surface area contributed by atoms with Crippen LogP contribution in [-0.2, 0) is 16.1 Å². The van der Waals surface area contributed by atoms with E-state index >= 15 is 0 Å². The molecule has 0 radical (unpaired) electrons. The summed E-state index contributed by atoms with van der Waals surface area (Å²) >= 11 is 0. The van der Waals surface area contributed by atoms with Gasteiger partial charge in [0, 0.05) is 38.3 Å². The van der Waals surface area contributed by atoms with Gasteiger partial charge in [0.15, 0.2) is 11.6 Å². The van der Waals surface area contributed by atoms with Gasteiger partial charge in [0.2, 0.25) is 11.9 Å². The van der Waals surface area contributed by atoms with Crippen LogP contribution in [0.15, 0.2) is 12.1 Å². The molecule has 1 aromatic carbocycles. The number of benzene rings is 1. The number of likely N-dealkylation sites (tertiary alicyclic amines) is 1. The van der Waals surface area contributed by atoms with Crippen molar-refractivity contribution in [3.8, 4) is 6.07 Å². The summed E-state index contributed by atoms with van der Waals surface area (Å²) in [6.07, 6.45) is -2.03. The number of alkyl carbamates (subject to hydrolysis) is 1. The minimum absolute atomic E-state index is 0.0170. The Hall–Kier alpha value is -3.49. The van der Waals surface area contributed by atoms with E-state index in [0.29, 0.717) is 13.1 Å². The van der Waals surface area contributed by atoms with Gasteiger partial charge < -0.3 is 24.4 Å². The van der Waals surface area contributed by atoms with Crippen molar-refractivity contribution in [3.63, 3.8) is 0 Å². The smallest absolute Gasteiger partial charge is 0.408 e. The van der Waals surface area contributed by atoms with E-state index in [9.17, 15) is 22.8 Å². The first-order valence-corrected chi connectivity index (χ1v) is 11.4. The molecule has 1 N–H and O–H groups in total. The van der Waals surface area contributed by atoms with E-state index in [2.05, 4.69) is 16.4 Å². The van der Waals surface area contributed by atoms with Crippen molar-refractivity contribution in [2.24, 2.45) is 5.92 Å². The molecule has 0 bridgehead atoms. The average molecular weight is 493 g/mol. The van der Waals surface area contributed by atoms with Gasteiger partial charge in [0.05, 0.1) is 29.1 Å². The summed E-state index contributed by atoms with van der Waals surface area (Å²) in [6, 6.07) is 3.10. The Labute approximate surface area is 200 Å². The fourth-order valence-electron chi connectivity index (χ4n) is 4.20. The first-order valence-electron chi connectivity index (χ1n) is 11.4. The highest BCUT2D eigenvalue weighted by Gasteiger charge is 2.35. The number of nitrogens with one attached hydrogen (secondary N) is 1. The van der Waals surface area contributed by atoms with Crippen LogP contribution in [0.1, 0.15) is 27.2 Å². The number of carbonyl (C=O) groups is 2. The minimum atomic E-state index is -1.34. The summed E-state index contributed by atoms with van der Waals surface area (Å²) in [5.41, 5.74) is -0.401. The number of amides is 2. The number of fused-ring (bicyclic) bond motifs is 1. The van der Waals surface area contributed by atoms with E-state index in [1.807, 2.05) is 0 Å². The molecule has 4 rings (SSSR count). The van der Waals surface area contributed by atoms with Crippen LogP contribution in [0.25, 0.3) is 11.0 Å². The number of nitrogens with zero attached hydrogens (tertiary/aromatic N) is 5. The number of piperidine rings is 1. The number of ether oxygens (including phenoxy) is 1. The third-order valence-electron chi connectivity index (χ3n) is 5.99. The first kappa shape index (κ1) is 24.6. The van der Waals surface area contributed by atoms with Gasteiger partial charge in [-0.15, -0.1) is 0 Å². The SMILES string of the molecule is CC(C)(C)OC(=O)N[C@@H]1CN(c2nc3cc(F)c(F)cc3n2CC(=O)N2CC(C#N)C2)CC[C@H]1F. The molecule has 2 amide bonds. The minimum Gasteiger partial charge on any atom is -0.444 e. The number of imidazole rings is 1. The van der Waals surface area contributed by atoms with Crippen LogP contribution in [0.3, 0.4) is 0 Å². The highest BCUT2D eigenvalue weighted by Crippen LogP contribution is 2.29. The number of hydrogen-bond acceptors (Lipinski definition) is 6. The molecule has 3 heterocycles. The van der Waals surface area contributed by atoms with Gasteiger partial charge in [-0.25, -0.2) is 22.9 Å². The second-order valence-electron chi connectivity index (χ2n) is 9.88. The number of carbonyl (C=O) groups excluding carboxylic acids is 2. The number of rotatable bonds is 4. The van der Waals surface area contributed by atoms with Crippen LogP contribution in [0.2, 0.25) is 0 Å². The summed E-state index contributed by atoms with van der Waals surface area (Å²) in [6.45, 7) is 5.71. The van der Waals surface area contributed by atoms with E-state index in [1.54, 1.807) is 25.7 Å². The quantitative estimate of drug-likeness (QED) is 0.704. The molecule has 12 heteroatoms. The van der Waals surface area contributed by atoms with Crippen LogP contribution in [0, 0.1) is 28.9 Å². The fourth-order valence-corrected chi connectivity index (χ4v) is 4.20. The maximum Gasteiger partial charge on any atom is 0.408 e. The van der Waals surface area contributed by atoms with Crippen LogP contribution in [0.5, 0.6) is 0 Å². The van der Waals surface area contributed by atoms with Gasteiger partial charge >= 0.3 is 6.09 Å². The zero-order valence-electron chi connectivity index (χ0n) is 19.7. The van der Waals surface area contributed by atoms with E-state index < -0.39 is 35.5 Å². The summed E-state index contributed by atoms with van der Waals surface area (Å²) in [4.78, 5) is 32.6. The molecule has 0 aliphatic carbocycles. The molecule has 0 spiro atoms. The highest BCUT2D eigenvalue weighted by molar-refractivity contribution is 5.84.